The second kappa shape index (κ2) is 34.8. The average molecular weight is 1860 g/mol. The van der Waals surface area contributed by atoms with Gasteiger partial charge in [0, 0.05) is 208 Å². The van der Waals surface area contributed by atoms with E-state index in [1.54, 1.807) is 48.8 Å². The Bertz CT molecular complexity index is 7100. The fourth-order valence-corrected chi connectivity index (χ4v) is 16.9. The van der Waals surface area contributed by atoms with Crippen LogP contribution in [0.5, 0.6) is 0 Å². The van der Waals surface area contributed by atoms with E-state index in [1.165, 1.54) is 66.7 Å². The van der Waals surface area contributed by atoms with E-state index in [9.17, 15) is 24.6 Å². The molecule has 0 unspecified atom stereocenters. The van der Waals surface area contributed by atoms with Gasteiger partial charge in [0.1, 0.15) is 29.1 Å². The summed E-state index contributed by atoms with van der Waals surface area (Å²) in [5.41, 5.74) is 25.1. The van der Waals surface area contributed by atoms with E-state index in [0.717, 1.165) is 182 Å². The van der Waals surface area contributed by atoms with Gasteiger partial charge in [0.2, 0.25) is 0 Å². The van der Waals surface area contributed by atoms with Crippen molar-refractivity contribution in [1.82, 2.24) is 64.8 Å². The summed E-state index contributed by atoms with van der Waals surface area (Å²) in [5.74, 6) is 2.82. The van der Waals surface area contributed by atoms with E-state index in [0.29, 0.717) is 28.3 Å². The highest BCUT2D eigenvalue weighted by molar-refractivity contribution is 9.11. The van der Waals surface area contributed by atoms with Crippen molar-refractivity contribution >= 4 is 124 Å². The monoisotopic (exact) mass is 1860 g/mol. The molecular formula is C97H71Br4FN16O4. The second-order valence-electron chi connectivity index (χ2n) is 29.3. The molecule has 21 rings (SSSR count). The zero-order valence-corrected chi connectivity index (χ0v) is 71.3. The lowest BCUT2D eigenvalue weighted by molar-refractivity contribution is -0.385. The third kappa shape index (κ3) is 16.6. The van der Waals surface area contributed by atoms with Gasteiger partial charge in [-0.1, -0.05) is 167 Å². The number of nitro benzene ring substituents is 2. The molecule has 11 aromatic carbocycles. The summed E-state index contributed by atoms with van der Waals surface area (Å²) >= 11 is 14.2. The predicted octanol–water partition coefficient (Wildman–Crippen LogP) is 27.3. The number of halogens is 5. The molecule has 25 heteroatoms. The van der Waals surface area contributed by atoms with Gasteiger partial charge in [-0.05, 0) is 172 Å². The van der Waals surface area contributed by atoms with E-state index in [2.05, 4.69) is 248 Å². The highest BCUT2D eigenvalue weighted by Gasteiger charge is 2.25. The number of non-ortho nitro benzene ring substituents is 2. The summed E-state index contributed by atoms with van der Waals surface area (Å²) in [7, 11) is 0. The lowest BCUT2D eigenvalue weighted by Crippen LogP contribution is -2.29. The molecule has 0 bridgehead atoms. The zero-order chi connectivity index (χ0) is 83.5. The van der Waals surface area contributed by atoms with Gasteiger partial charge in [0.25, 0.3) is 11.4 Å². The number of nitro groups is 2. The molecule has 0 aliphatic carbocycles. The average Bonchev–Trinajstić information content (AvgIpc) is 1.63. The second-order valence-corrected chi connectivity index (χ2v) is 32.9. The number of imidazole rings is 4. The number of piperidine rings is 1. The Labute approximate surface area is 731 Å². The summed E-state index contributed by atoms with van der Waals surface area (Å²) in [4.78, 5) is 75.1. The number of para-hydroxylation sites is 1. The lowest BCUT2D eigenvalue weighted by Gasteiger charge is -2.28. The molecule has 8 N–H and O–H groups in total. The quantitative estimate of drug-likeness (QED) is 0.0355. The molecule has 1 fully saturated rings. The molecule has 1 saturated heterocycles. The number of hydrogen-bond donors (Lipinski definition) is 8. The van der Waals surface area contributed by atoms with Crippen LogP contribution >= 0.6 is 63.7 Å². The van der Waals surface area contributed by atoms with Crippen LogP contribution in [-0.4, -0.2) is 87.7 Å². The normalized spacial score (nSPS) is 12.0. The maximum absolute atomic E-state index is 13.4. The summed E-state index contributed by atoms with van der Waals surface area (Å²) < 4.78 is 17.5. The van der Waals surface area contributed by atoms with Gasteiger partial charge in [0.15, 0.2) is 0 Å². The molecule has 0 radical (unpaired) electrons. The molecule has 0 atom stereocenters. The van der Waals surface area contributed by atoms with Gasteiger partial charge in [-0.2, -0.15) is 0 Å². The van der Waals surface area contributed by atoms with Crippen LogP contribution in [-0.2, 0) is 0 Å². The van der Waals surface area contributed by atoms with Crippen molar-refractivity contribution in [3.63, 3.8) is 0 Å². The topological polar surface area (TPSA) is 280 Å². The van der Waals surface area contributed by atoms with Crippen LogP contribution in [0.1, 0.15) is 25.0 Å². The number of anilines is 1. The van der Waals surface area contributed by atoms with Crippen LogP contribution in [0.2, 0.25) is 0 Å². The zero-order valence-electron chi connectivity index (χ0n) is 65.0. The molecule has 598 valence electrons. The van der Waals surface area contributed by atoms with Crippen molar-refractivity contribution in [2.24, 2.45) is 0 Å². The smallest absolute Gasteiger partial charge is 0.269 e. The first kappa shape index (κ1) is 79.2. The Morgan fingerprint density at radius 2 is 0.705 bits per heavy atom. The molecule has 20 nitrogen and oxygen atoms in total. The number of benzene rings is 11. The maximum Gasteiger partial charge on any atom is 0.269 e. The Morgan fingerprint density at radius 1 is 0.352 bits per heavy atom. The van der Waals surface area contributed by atoms with Crippen molar-refractivity contribution in [1.29, 1.82) is 0 Å². The number of pyridine rings is 1. The molecule has 1 aliphatic heterocycles. The highest BCUT2D eigenvalue weighted by atomic mass is 79.9. The van der Waals surface area contributed by atoms with Crippen LogP contribution in [0, 0.1) is 33.0 Å². The number of aromatic nitrogens is 13. The number of aromatic amines is 8. The van der Waals surface area contributed by atoms with E-state index >= 15 is 0 Å². The number of hydrogen-bond acceptors (Lipinski definition) is 10. The predicted molar refractivity (Wildman–Crippen MR) is 500 cm³/mol. The van der Waals surface area contributed by atoms with Crippen LogP contribution in [0.4, 0.5) is 21.5 Å². The van der Waals surface area contributed by atoms with Gasteiger partial charge in [-0.25, -0.2) is 24.3 Å². The molecule has 122 heavy (non-hydrogen) atoms. The molecule has 20 aromatic rings. The number of nitrogens with one attached hydrogen (secondary N) is 8. The molecule has 0 amide bonds. The van der Waals surface area contributed by atoms with Crippen LogP contribution in [0.3, 0.4) is 0 Å². The maximum atomic E-state index is 13.4. The molecular weight excluding hydrogens is 1790 g/mol. The van der Waals surface area contributed by atoms with Gasteiger partial charge in [-0.3, -0.25) is 25.2 Å². The lowest BCUT2D eigenvalue weighted by atomic mass is 10.0. The molecule has 1 aliphatic rings. The van der Waals surface area contributed by atoms with E-state index in [-0.39, 0.29) is 17.2 Å². The van der Waals surface area contributed by atoms with Crippen molar-refractivity contribution in [3.8, 4) is 136 Å². The van der Waals surface area contributed by atoms with Gasteiger partial charge < -0.3 is 44.8 Å². The molecule has 10 heterocycles. The number of rotatable bonds is 15. The van der Waals surface area contributed by atoms with Crippen LogP contribution < -0.4 is 4.90 Å². The fraction of sp³-hybridized carbons (Fsp3) is 0.0619. The molecule has 0 saturated carbocycles. The minimum absolute atomic E-state index is 0.0168. The van der Waals surface area contributed by atoms with Crippen molar-refractivity contribution < 1.29 is 14.2 Å². The fourth-order valence-electron chi connectivity index (χ4n) is 15.5. The van der Waals surface area contributed by atoms with Gasteiger partial charge >= 0.3 is 0 Å². The van der Waals surface area contributed by atoms with E-state index < -0.39 is 9.85 Å². The standard InChI is InChI=1S/C28H25BrN4.C24H18BrN3.C23H14BrN5O4.C22H14BrFN4/c29-21-11-14-25-23(17-21)24(18-30-25)28-31-26(19-7-3-1-4-8-19)27(32-28)20-9-12-22(13-10-20)33-15-5-2-6-16-33;1-15-21(19-9-5-6-10-20(19)26-15)24-27-22(16-7-3-2-4-8-16)23(28-24)17-11-13-18(25)14-12-17;24-15-5-10-20-18(11-15)19(12-25-20)23-26-21(13-1-6-16(7-2-13)28(30)31)22(27-23)14-3-8-17(9-4-14)29(32)33;23-15-3-6-19-17(11-15)18(12-26-19)22-27-20(13-1-4-16(24)5-2-13)21(28-22)14-7-9-25-10-8-14/h1,3-4,7-14,17-18,30H,2,5-6,15-16H2,(H,31,32);2-14,26H,1H3,(H,27,28);1-12,25H,(H,26,27);1-12,26H,(H,27,28). The largest absolute Gasteiger partial charge is 0.372 e. The van der Waals surface area contributed by atoms with E-state index in [1.807, 2.05) is 91.4 Å². The number of aryl methyl sites for hydroxylation is 1. The Kier molecular flexibility index (Phi) is 22.6. The third-order valence-electron chi connectivity index (χ3n) is 21.6. The van der Waals surface area contributed by atoms with Gasteiger partial charge in [0.05, 0.1) is 55.4 Å². The van der Waals surface area contributed by atoms with Crippen molar-refractivity contribution in [2.45, 2.75) is 26.2 Å². The number of nitrogens with zero attached hydrogens (tertiary/aromatic N) is 8. The number of fused-ring (bicyclic) bond motifs is 4. The summed E-state index contributed by atoms with van der Waals surface area (Å²) in [5, 5.41) is 26.5. The molecule has 0 spiro atoms. The first-order valence-corrected chi connectivity index (χ1v) is 42.4. The van der Waals surface area contributed by atoms with Crippen LogP contribution in [0.25, 0.3) is 179 Å². The van der Waals surface area contributed by atoms with Crippen LogP contribution in [0.15, 0.2) is 322 Å². The van der Waals surface area contributed by atoms with Crippen molar-refractivity contribution in [3.05, 3.63) is 354 Å². The van der Waals surface area contributed by atoms with Crippen molar-refractivity contribution in [2.75, 3.05) is 18.0 Å². The SMILES string of the molecule is Brc1ccc2[nH]cc(-c3nc(-c4ccccc4)c(-c4ccc(N5CCCCC5)cc4)[nH]3)c2c1.Cc1[nH]c2ccccc2c1-c1nc(-c2ccccc2)c(-c2ccc(Br)cc2)[nH]1.Fc1ccc(-c2nc(-c3c[nH]c4ccc(Br)cc34)[nH]c2-c2ccncc2)cc1.O=[N+]([O-])c1ccc(-c2nc(-c3c[nH]c4ccc(Br)cc34)[nH]c2-c2ccc([N+](=O)[O-])cc2)cc1. The highest BCUT2D eigenvalue weighted by Crippen LogP contribution is 2.43. The molecule has 9 aromatic heterocycles. The minimum Gasteiger partial charge on any atom is -0.372 e. The van der Waals surface area contributed by atoms with E-state index in [4.69, 9.17) is 19.9 Å². The first-order chi connectivity index (χ1) is 59.6. The number of H-pyrrole nitrogens is 8. The third-order valence-corrected chi connectivity index (χ3v) is 23.6. The Balaban J connectivity index is 0.000000111. The summed E-state index contributed by atoms with van der Waals surface area (Å²) in [6, 6.07) is 87.1. The first-order valence-electron chi connectivity index (χ1n) is 39.2. The summed E-state index contributed by atoms with van der Waals surface area (Å²) in [6.45, 7) is 4.40. The summed E-state index contributed by atoms with van der Waals surface area (Å²) in [6.07, 6.45) is 13.2. The Morgan fingerprint density at radius 3 is 1.14 bits per heavy atom. The Hall–Kier alpha value is -14.0. The van der Waals surface area contributed by atoms with Gasteiger partial charge in [-0.15, -0.1) is 0 Å². The minimum atomic E-state index is -0.458.